The molecular weight excluding hydrogens is 338 g/mol. The zero-order chi connectivity index (χ0) is 18.1. The first-order valence-electron chi connectivity index (χ1n) is 8.91. The monoisotopic (exact) mass is 363 g/mol. The topological polar surface area (TPSA) is 64.4 Å². The average molecular weight is 363 g/mol. The maximum absolute atomic E-state index is 13.0. The predicted octanol–water partition coefficient (Wildman–Crippen LogP) is 2.60. The number of aromatic nitrogens is 2. The molecule has 3 heterocycles. The summed E-state index contributed by atoms with van der Waals surface area (Å²) in [4.78, 5) is 33.4. The van der Waals surface area contributed by atoms with Crippen molar-refractivity contribution in [3.63, 3.8) is 0 Å². The van der Waals surface area contributed by atoms with Crippen molar-refractivity contribution in [3.8, 4) is 0 Å². The highest BCUT2D eigenvalue weighted by Crippen LogP contribution is 2.28. The van der Waals surface area contributed by atoms with Gasteiger partial charge in [-0.05, 0) is 32.8 Å². The molecule has 136 valence electrons. The fourth-order valence-electron chi connectivity index (χ4n) is 3.35. The number of rotatable bonds is 4. The van der Waals surface area contributed by atoms with Crippen molar-refractivity contribution in [2.45, 2.75) is 53.1 Å². The van der Waals surface area contributed by atoms with Crippen molar-refractivity contribution >= 4 is 27.5 Å². The van der Waals surface area contributed by atoms with Gasteiger partial charge in [-0.1, -0.05) is 6.92 Å². The van der Waals surface area contributed by atoms with Crippen molar-refractivity contribution < 1.29 is 9.53 Å². The van der Waals surface area contributed by atoms with Crippen molar-refractivity contribution in [2.75, 3.05) is 19.7 Å². The summed E-state index contributed by atoms with van der Waals surface area (Å²) in [6.07, 6.45) is 1.84. The van der Waals surface area contributed by atoms with Gasteiger partial charge in [0.25, 0.3) is 5.56 Å². The molecule has 1 atom stereocenters. The molecule has 7 heteroatoms. The second-order valence-electron chi connectivity index (χ2n) is 6.48. The highest BCUT2D eigenvalue weighted by atomic mass is 32.1. The molecule has 25 heavy (non-hydrogen) atoms. The second kappa shape index (κ2) is 7.25. The van der Waals surface area contributed by atoms with E-state index in [9.17, 15) is 9.59 Å². The largest absolute Gasteiger partial charge is 0.462 e. The summed E-state index contributed by atoms with van der Waals surface area (Å²) in [5.74, 6) is 0.450. The van der Waals surface area contributed by atoms with Gasteiger partial charge < -0.3 is 4.74 Å². The SMILES string of the molecule is CCOC(=O)c1sc2nc3n(c(=O)c2c1C)CCN([C@H](C)CC)CC3. The highest BCUT2D eigenvalue weighted by molar-refractivity contribution is 7.20. The van der Waals surface area contributed by atoms with Crippen molar-refractivity contribution in [2.24, 2.45) is 0 Å². The van der Waals surface area contributed by atoms with Crippen molar-refractivity contribution in [1.29, 1.82) is 0 Å². The lowest BCUT2D eigenvalue weighted by Gasteiger charge is -2.25. The van der Waals surface area contributed by atoms with E-state index in [-0.39, 0.29) is 11.5 Å². The molecule has 0 saturated carbocycles. The molecule has 0 aliphatic carbocycles. The number of hydrogen-bond donors (Lipinski definition) is 0. The fourth-order valence-corrected chi connectivity index (χ4v) is 4.44. The zero-order valence-electron chi connectivity index (χ0n) is 15.3. The van der Waals surface area contributed by atoms with Gasteiger partial charge in [0, 0.05) is 32.1 Å². The number of fused-ring (bicyclic) bond motifs is 2. The summed E-state index contributed by atoms with van der Waals surface area (Å²) in [7, 11) is 0. The standard InChI is InChI=1S/C18H25N3O3S/c1-5-11(3)20-8-7-13-19-16-14(17(22)21(13)10-9-20)12(4)15(25-16)18(23)24-6-2/h11H,5-10H2,1-4H3/t11-/m1/s1. The number of thiophene rings is 1. The summed E-state index contributed by atoms with van der Waals surface area (Å²) in [5, 5.41) is 0.564. The van der Waals surface area contributed by atoms with Gasteiger partial charge >= 0.3 is 5.97 Å². The Morgan fingerprint density at radius 1 is 1.32 bits per heavy atom. The van der Waals surface area contributed by atoms with Gasteiger partial charge in [-0.3, -0.25) is 14.3 Å². The maximum atomic E-state index is 13.0. The lowest BCUT2D eigenvalue weighted by molar-refractivity contribution is 0.0531. The van der Waals surface area contributed by atoms with Crippen LogP contribution in [-0.4, -0.2) is 46.2 Å². The van der Waals surface area contributed by atoms with Gasteiger partial charge in [-0.25, -0.2) is 9.78 Å². The minimum Gasteiger partial charge on any atom is -0.462 e. The predicted molar refractivity (Wildman–Crippen MR) is 99.6 cm³/mol. The summed E-state index contributed by atoms with van der Waals surface area (Å²) in [5.41, 5.74) is 0.657. The molecule has 0 unspecified atom stereocenters. The number of carbonyl (C=O) groups is 1. The molecule has 0 N–H and O–H groups in total. The van der Waals surface area contributed by atoms with Gasteiger partial charge in [-0.15, -0.1) is 11.3 Å². The lowest BCUT2D eigenvalue weighted by atomic mass is 10.2. The fraction of sp³-hybridized carbons (Fsp3) is 0.611. The molecule has 0 bridgehead atoms. The van der Waals surface area contributed by atoms with Crippen LogP contribution >= 0.6 is 11.3 Å². The molecule has 3 rings (SSSR count). The Morgan fingerprint density at radius 2 is 2.08 bits per heavy atom. The van der Waals surface area contributed by atoms with Crippen LogP contribution in [0.2, 0.25) is 0 Å². The first-order valence-corrected chi connectivity index (χ1v) is 9.73. The molecule has 2 aromatic heterocycles. The van der Waals surface area contributed by atoms with Gasteiger partial charge in [0.05, 0.1) is 12.0 Å². The normalized spacial score (nSPS) is 16.5. The average Bonchev–Trinajstić information content (AvgIpc) is 2.78. The molecular formula is C18H25N3O3S. The molecule has 0 saturated heterocycles. The van der Waals surface area contributed by atoms with E-state index in [0.29, 0.717) is 39.9 Å². The minimum atomic E-state index is -0.370. The third kappa shape index (κ3) is 3.22. The number of carbonyl (C=O) groups excluding carboxylic acids is 1. The maximum Gasteiger partial charge on any atom is 0.348 e. The molecule has 0 amide bonds. The van der Waals surface area contributed by atoms with Gasteiger partial charge in [0.2, 0.25) is 0 Å². The number of esters is 1. The van der Waals surface area contributed by atoms with E-state index < -0.39 is 0 Å². The third-order valence-electron chi connectivity index (χ3n) is 5.04. The Kier molecular flexibility index (Phi) is 5.24. The minimum absolute atomic E-state index is 0.0321. The molecule has 0 fully saturated rings. The smallest absolute Gasteiger partial charge is 0.348 e. The van der Waals surface area contributed by atoms with Crippen LogP contribution in [-0.2, 0) is 17.7 Å². The van der Waals surface area contributed by atoms with Crippen molar-refractivity contribution in [3.05, 3.63) is 26.6 Å². The first kappa shape index (κ1) is 18.1. The molecule has 1 aliphatic rings. The lowest BCUT2D eigenvalue weighted by Crippen LogP contribution is -2.35. The van der Waals surface area contributed by atoms with E-state index >= 15 is 0 Å². The number of nitrogens with zero attached hydrogens (tertiary/aromatic N) is 3. The van der Waals surface area contributed by atoms with E-state index in [4.69, 9.17) is 9.72 Å². The Morgan fingerprint density at radius 3 is 2.76 bits per heavy atom. The molecule has 0 aromatic carbocycles. The molecule has 6 nitrogen and oxygen atoms in total. The van der Waals surface area contributed by atoms with Crippen LogP contribution < -0.4 is 5.56 Å². The van der Waals surface area contributed by atoms with Crippen LogP contribution in [0.5, 0.6) is 0 Å². The second-order valence-corrected chi connectivity index (χ2v) is 7.48. The van der Waals surface area contributed by atoms with E-state index in [2.05, 4.69) is 18.7 Å². The van der Waals surface area contributed by atoms with Crippen LogP contribution in [0.15, 0.2) is 4.79 Å². The van der Waals surface area contributed by atoms with Crippen LogP contribution in [0, 0.1) is 6.92 Å². The van der Waals surface area contributed by atoms with Gasteiger partial charge in [-0.2, -0.15) is 0 Å². The Hall–Kier alpha value is -1.73. The van der Waals surface area contributed by atoms with Crippen LogP contribution in [0.25, 0.3) is 10.2 Å². The van der Waals surface area contributed by atoms with E-state index in [1.54, 1.807) is 11.5 Å². The molecule has 0 radical (unpaired) electrons. The van der Waals surface area contributed by atoms with E-state index in [1.165, 1.54) is 11.3 Å². The molecule has 0 spiro atoms. The van der Waals surface area contributed by atoms with Crippen LogP contribution in [0.1, 0.15) is 48.3 Å². The van der Waals surface area contributed by atoms with Crippen LogP contribution in [0.4, 0.5) is 0 Å². The number of aryl methyl sites for hydroxylation is 1. The highest BCUT2D eigenvalue weighted by Gasteiger charge is 2.24. The first-order chi connectivity index (χ1) is 12.0. The van der Waals surface area contributed by atoms with Crippen molar-refractivity contribution in [1.82, 2.24) is 14.5 Å². The van der Waals surface area contributed by atoms with E-state index in [1.807, 2.05) is 6.92 Å². The Bertz CT molecular complexity index is 855. The summed E-state index contributed by atoms with van der Waals surface area (Å²) in [6.45, 7) is 10.7. The van der Waals surface area contributed by atoms with Gasteiger partial charge in [0.1, 0.15) is 15.5 Å². The third-order valence-corrected chi connectivity index (χ3v) is 6.20. The number of hydrogen-bond acceptors (Lipinski definition) is 6. The van der Waals surface area contributed by atoms with Crippen LogP contribution in [0.3, 0.4) is 0 Å². The summed E-state index contributed by atoms with van der Waals surface area (Å²) in [6, 6.07) is 0.503. The van der Waals surface area contributed by atoms with E-state index in [0.717, 1.165) is 31.8 Å². The van der Waals surface area contributed by atoms with Gasteiger partial charge in [0.15, 0.2) is 0 Å². The summed E-state index contributed by atoms with van der Waals surface area (Å²) >= 11 is 1.26. The molecule has 1 aliphatic heterocycles. The number of ether oxygens (including phenoxy) is 1. The zero-order valence-corrected chi connectivity index (χ0v) is 16.1. The quantitative estimate of drug-likeness (QED) is 0.781. The Balaban J connectivity index is 2.04. The molecule has 2 aromatic rings. The summed E-state index contributed by atoms with van der Waals surface area (Å²) < 4.78 is 6.90. The Labute approximate surface area is 151 Å².